The van der Waals surface area contributed by atoms with E-state index in [2.05, 4.69) is 11.4 Å². The largest absolute Gasteiger partial charge is 0.494 e. The van der Waals surface area contributed by atoms with Crippen molar-refractivity contribution in [1.29, 1.82) is 0 Å². The van der Waals surface area contributed by atoms with Crippen molar-refractivity contribution in [2.24, 2.45) is 5.41 Å². The Morgan fingerprint density at radius 2 is 1.77 bits per heavy atom. The van der Waals surface area contributed by atoms with E-state index in [-0.39, 0.29) is 28.9 Å². The van der Waals surface area contributed by atoms with Gasteiger partial charge in [-0.1, -0.05) is 24.6 Å². The number of fused-ring (bicyclic) bond motifs is 1. The van der Waals surface area contributed by atoms with Crippen LogP contribution in [0.2, 0.25) is 0 Å². The van der Waals surface area contributed by atoms with Crippen LogP contribution in [0.15, 0.2) is 53.4 Å². The molecular weight excluding hydrogens is 516 g/mol. The van der Waals surface area contributed by atoms with Crippen LogP contribution in [0, 0.1) is 5.41 Å². The molecule has 2 amide bonds. The van der Waals surface area contributed by atoms with Crippen molar-refractivity contribution in [2.75, 3.05) is 38.6 Å². The van der Waals surface area contributed by atoms with Crippen LogP contribution in [-0.2, 0) is 25.8 Å². The van der Waals surface area contributed by atoms with E-state index in [9.17, 15) is 18.0 Å². The molecule has 0 saturated carbocycles. The van der Waals surface area contributed by atoms with Gasteiger partial charge in [0.2, 0.25) is 11.8 Å². The van der Waals surface area contributed by atoms with Gasteiger partial charge >= 0.3 is 0 Å². The van der Waals surface area contributed by atoms with Crippen LogP contribution < -0.4 is 14.8 Å². The fraction of sp³-hybridized carbons (Fsp3) is 0.533. The fourth-order valence-electron chi connectivity index (χ4n) is 5.46. The maximum absolute atomic E-state index is 13.3. The molecule has 1 spiro atoms. The quantitative estimate of drug-likeness (QED) is 0.573. The minimum Gasteiger partial charge on any atom is -0.494 e. The molecule has 0 unspecified atom stereocenters. The molecular formula is C30H40N2O6S. The number of aryl methyl sites for hydroxylation is 1. The summed E-state index contributed by atoms with van der Waals surface area (Å²) in [6, 6.07) is 14.4. The zero-order valence-electron chi connectivity index (χ0n) is 22.8. The molecule has 39 heavy (non-hydrogen) atoms. The standard InChI is InChI=1S/C30H40N2O6S/c1-2-37-25-11-13-26(14-12-25)39(35,36)23-15-28(33)32-20-17-30(18-21-32)16-6-5-9-24-8-3-4-10-27(24)38-22-7-19-31-29(30)34/h3-4,8,10-14H,2,5-7,9,15-23H2,1H3,(H,31,34). The lowest BCUT2D eigenvalue weighted by Crippen LogP contribution is -2.50. The number of nitrogens with zero attached hydrogens (tertiary/aromatic N) is 1. The molecule has 0 aromatic heterocycles. The van der Waals surface area contributed by atoms with Gasteiger partial charge < -0.3 is 19.7 Å². The van der Waals surface area contributed by atoms with Gasteiger partial charge in [0.25, 0.3) is 0 Å². The van der Waals surface area contributed by atoms with Crippen LogP contribution in [0.25, 0.3) is 0 Å². The van der Waals surface area contributed by atoms with E-state index in [0.29, 0.717) is 51.4 Å². The summed E-state index contributed by atoms with van der Waals surface area (Å²) in [6.45, 7) is 4.38. The molecule has 212 valence electrons. The van der Waals surface area contributed by atoms with Crippen molar-refractivity contribution < 1.29 is 27.5 Å². The molecule has 1 saturated heterocycles. The van der Waals surface area contributed by atoms with Crippen molar-refractivity contribution in [2.45, 2.75) is 63.2 Å². The Balaban J connectivity index is 1.32. The van der Waals surface area contributed by atoms with E-state index < -0.39 is 15.3 Å². The second kappa shape index (κ2) is 13.3. The molecule has 2 aliphatic heterocycles. The van der Waals surface area contributed by atoms with E-state index >= 15 is 0 Å². The summed E-state index contributed by atoms with van der Waals surface area (Å²) in [5.41, 5.74) is 0.699. The number of hydrogen-bond acceptors (Lipinski definition) is 6. The van der Waals surface area contributed by atoms with Gasteiger partial charge in [-0.3, -0.25) is 9.59 Å². The zero-order chi connectivity index (χ0) is 27.7. The van der Waals surface area contributed by atoms with Crippen molar-refractivity contribution in [3.8, 4) is 11.5 Å². The van der Waals surface area contributed by atoms with Gasteiger partial charge in [-0.25, -0.2) is 8.42 Å². The topological polar surface area (TPSA) is 102 Å². The summed E-state index contributed by atoms with van der Waals surface area (Å²) in [4.78, 5) is 28.2. The molecule has 1 fully saturated rings. The number of benzene rings is 2. The summed E-state index contributed by atoms with van der Waals surface area (Å²) in [5.74, 6) is 1.17. The highest BCUT2D eigenvalue weighted by Crippen LogP contribution is 2.38. The highest BCUT2D eigenvalue weighted by Gasteiger charge is 2.41. The molecule has 0 radical (unpaired) electrons. The third-order valence-corrected chi connectivity index (χ3v) is 9.55. The van der Waals surface area contributed by atoms with E-state index in [4.69, 9.17) is 9.47 Å². The predicted molar refractivity (Wildman–Crippen MR) is 150 cm³/mol. The fourth-order valence-corrected chi connectivity index (χ4v) is 6.69. The Hall–Kier alpha value is -3.07. The van der Waals surface area contributed by atoms with Crippen LogP contribution >= 0.6 is 0 Å². The van der Waals surface area contributed by atoms with Crippen LogP contribution in [0.3, 0.4) is 0 Å². The van der Waals surface area contributed by atoms with Gasteiger partial charge in [0.1, 0.15) is 11.5 Å². The van der Waals surface area contributed by atoms with Gasteiger partial charge in [0.05, 0.1) is 29.3 Å². The van der Waals surface area contributed by atoms with E-state index in [0.717, 1.165) is 37.9 Å². The molecule has 2 aromatic carbocycles. The van der Waals surface area contributed by atoms with Gasteiger partial charge in [-0.05, 0) is 81.3 Å². The second-order valence-electron chi connectivity index (χ2n) is 10.4. The van der Waals surface area contributed by atoms with Crippen molar-refractivity contribution in [1.82, 2.24) is 10.2 Å². The number of carbonyl (C=O) groups excluding carboxylic acids is 2. The summed E-state index contributed by atoms with van der Waals surface area (Å²) in [6.07, 6.45) is 5.37. The van der Waals surface area contributed by atoms with Crippen molar-refractivity contribution >= 4 is 21.7 Å². The average Bonchev–Trinajstić information content (AvgIpc) is 2.96. The SMILES string of the molecule is CCOc1ccc(S(=O)(=O)CCC(=O)N2CCC3(CCCCc4ccccc4OCCCNC3=O)CC2)cc1. The first-order valence-electron chi connectivity index (χ1n) is 14.1. The number of likely N-dealkylation sites (tertiary alicyclic amines) is 1. The van der Waals surface area contributed by atoms with Crippen LogP contribution in [-0.4, -0.2) is 63.7 Å². The van der Waals surface area contributed by atoms with Gasteiger partial charge in [-0.2, -0.15) is 0 Å². The Bertz CT molecular complexity index is 1220. The van der Waals surface area contributed by atoms with Gasteiger partial charge in [0, 0.05) is 26.1 Å². The lowest BCUT2D eigenvalue weighted by atomic mass is 9.73. The lowest BCUT2D eigenvalue weighted by Gasteiger charge is -2.41. The van der Waals surface area contributed by atoms with Crippen LogP contribution in [0.1, 0.15) is 57.4 Å². The molecule has 2 aliphatic rings. The Morgan fingerprint density at radius 1 is 1.03 bits per heavy atom. The minimum absolute atomic E-state index is 0.0597. The Morgan fingerprint density at radius 3 is 2.51 bits per heavy atom. The molecule has 4 rings (SSSR count). The summed E-state index contributed by atoms with van der Waals surface area (Å²) in [7, 11) is -3.59. The highest BCUT2D eigenvalue weighted by atomic mass is 32.2. The molecule has 9 heteroatoms. The smallest absolute Gasteiger partial charge is 0.226 e. The summed E-state index contributed by atoms with van der Waals surface area (Å²) < 4.78 is 36.9. The molecule has 0 atom stereocenters. The lowest BCUT2D eigenvalue weighted by molar-refractivity contribution is -0.141. The number of hydrogen-bond donors (Lipinski definition) is 1. The molecule has 2 aromatic rings. The number of amides is 2. The summed E-state index contributed by atoms with van der Waals surface area (Å²) >= 11 is 0. The summed E-state index contributed by atoms with van der Waals surface area (Å²) in [5, 5.41) is 3.11. The first-order chi connectivity index (χ1) is 18.8. The zero-order valence-corrected chi connectivity index (χ0v) is 23.6. The van der Waals surface area contributed by atoms with Gasteiger partial charge in [0.15, 0.2) is 9.84 Å². The number of nitrogens with one attached hydrogen (secondary N) is 1. The number of sulfone groups is 1. The van der Waals surface area contributed by atoms with E-state index in [1.165, 1.54) is 17.7 Å². The molecule has 1 N–H and O–H groups in total. The van der Waals surface area contributed by atoms with Crippen LogP contribution in [0.4, 0.5) is 0 Å². The van der Waals surface area contributed by atoms with Gasteiger partial charge in [-0.15, -0.1) is 0 Å². The predicted octanol–water partition coefficient (Wildman–Crippen LogP) is 4.17. The third-order valence-electron chi connectivity index (χ3n) is 7.82. The normalized spacial score (nSPS) is 18.5. The van der Waals surface area contributed by atoms with Crippen molar-refractivity contribution in [3.63, 3.8) is 0 Å². The Kier molecular flexibility index (Phi) is 9.88. The average molecular weight is 557 g/mol. The van der Waals surface area contributed by atoms with E-state index in [1.54, 1.807) is 17.0 Å². The van der Waals surface area contributed by atoms with Crippen molar-refractivity contribution in [3.05, 3.63) is 54.1 Å². The number of para-hydroxylation sites is 1. The maximum Gasteiger partial charge on any atom is 0.226 e. The molecule has 0 bridgehead atoms. The molecule has 2 heterocycles. The highest BCUT2D eigenvalue weighted by molar-refractivity contribution is 7.91. The molecule has 0 aliphatic carbocycles. The number of piperidine rings is 1. The Labute approximate surface area is 232 Å². The first-order valence-corrected chi connectivity index (χ1v) is 15.7. The first kappa shape index (κ1) is 28.9. The van der Waals surface area contributed by atoms with Crippen LogP contribution in [0.5, 0.6) is 11.5 Å². The molecule has 8 nitrogen and oxygen atoms in total. The van der Waals surface area contributed by atoms with E-state index in [1.807, 2.05) is 25.1 Å². The minimum atomic E-state index is -3.59. The number of ether oxygens (including phenoxy) is 2. The number of carbonyl (C=O) groups is 2. The maximum atomic E-state index is 13.3. The second-order valence-corrected chi connectivity index (χ2v) is 12.5. The monoisotopic (exact) mass is 556 g/mol. The number of rotatable bonds is 6. The third kappa shape index (κ3) is 7.53.